The summed E-state index contributed by atoms with van der Waals surface area (Å²) >= 11 is 1.23. The van der Waals surface area contributed by atoms with Crippen LogP contribution >= 0.6 is 11.3 Å². The standard InChI is InChI=1S/C19H26N2O3S2/c1-12-7-15(19(4,5)6)8-13(2)17(12)11-26(23,24)10-16-9-25-18(21-16)20-14(3)22/h7-9H,10-11H2,1-6H3,(H,20,21,22). The number of anilines is 1. The van der Waals surface area contributed by atoms with Crippen LogP contribution in [0.4, 0.5) is 5.13 Å². The quantitative estimate of drug-likeness (QED) is 0.827. The van der Waals surface area contributed by atoms with E-state index < -0.39 is 9.84 Å². The summed E-state index contributed by atoms with van der Waals surface area (Å²) < 4.78 is 25.3. The van der Waals surface area contributed by atoms with Gasteiger partial charge in [-0.3, -0.25) is 4.79 Å². The Balaban J connectivity index is 2.21. The largest absolute Gasteiger partial charge is 0.302 e. The van der Waals surface area contributed by atoms with Gasteiger partial charge in [-0.25, -0.2) is 13.4 Å². The summed E-state index contributed by atoms with van der Waals surface area (Å²) in [6.45, 7) is 11.8. The second-order valence-corrected chi connectivity index (χ2v) is 10.6. The number of nitrogens with one attached hydrogen (secondary N) is 1. The maximum atomic E-state index is 12.7. The first-order chi connectivity index (χ1) is 11.9. The van der Waals surface area contributed by atoms with Crippen LogP contribution in [0.3, 0.4) is 0 Å². The summed E-state index contributed by atoms with van der Waals surface area (Å²) in [5.41, 5.74) is 4.53. The lowest BCUT2D eigenvalue weighted by molar-refractivity contribution is -0.114. The molecule has 2 aromatic rings. The van der Waals surface area contributed by atoms with Gasteiger partial charge in [-0.15, -0.1) is 11.3 Å². The molecule has 142 valence electrons. The first-order valence-corrected chi connectivity index (χ1v) is 11.1. The molecule has 0 radical (unpaired) electrons. The fourth-order valence-corrected chi connectivity index (χ4v) is 5.19. The zero-order chi connectivity index (χ0) is 19.7. The van der Waals surface area contributed by atoms with E-state index in [0.717, 1.165) is 16.7 Å². The highest BCUT2D eigenvalue weighted by Crippen LogP contribution is 2.28. The molecule has 7 heteroatoms. The number of thiazole rings is 1. The summed E-state index contributed by atoms with van der Waals surface area (Å²) in [7, 11) is -3.36. The van der Waals surface area contributed by atoms with Gasteiger partial charge in [0, 0.05) is 12.3 Å². The molecule has 1 amide bonds. The summed E-state index contributed by atoms with van der Waals surface area (Å²) in [6, 6.07) is 4.16. The lowest BCUT2D eigenvalue weighted by atomic mass is 9.84. The molecule has 1 aromatic heterocycles. The van der Waals surface area contributed by atoms with Crippen LogP contribution in [0.1, 0.15) is 55.6 Å². The molecule has 1 N–H and O–H groups in total. The van der Waals surface area contributed by atoms with Gasteiger partial charge < -0.3 is 5.32 Å². The fraction of sp³-hybridized carbons (Fsp3) is 0.474. The number of hydrogen-bond donors (Lipinski definition) is 1. The topological polar surface area (TPSA) is 76.1 Å². The lowest BCUT2D eigenvalue weighted by Gasteiger charge is -2.22. The molecule has 0 saturated carbocycles. The van der Waals surface area contributed by atoms with Gasteiger partial charge in [-0.1, -0.05) is 32.9 Å². The number of amides is 1. The van der Waals surface area contributed by atoms with E-state index in [1.807, 2.05) is 13.8 Å². The number of rotatable bonds is 5. The predicted octanol–water partition coefficient (Wildman–Crippen LogP) is 4.13. The summed E-state index contributed by atoms with van der Waals surface area (Å²) in [6.07, 6.45) is 0. The van der Waals surface area contributed by atoms with Crippen molar-refractivity contribution in [3.63, 3.8) is 0 Å². The van der Waals surface area contributed by atoms with Crippen LogP contribution in [0.15, 0.2) is 17.5 Å². The second-order valence-electron chi connectivity index (χ2n) is 7.70. The van der Waals surface area contributed by atoms with Crippen LogP contribution < -0.4 is 5.32 Å². The van der Waals surface area contributed by atoms with Gasteiger partial charge in [0.25, 0.3) is 0 Å². The molecule has 0 aliphatic heterocycles. The molecular formula is C19H26N2O3S2. The van der Waals surface area contributed by atoms with Crippen LogP contribution in [0.2, 0.25) is 0 Å². The zero-order valence-corrected chi connectivity index (χ0v) is 17.8. The Bertz CT molecular complexity index is 899. The Hall–Kier alpha value is -1.73. The lowest BCUT2D eigenvalue weighted by Crippen LogP contribution is -2.14. The molecule has 0 spiro atoms. The number of carbonyl (C=O) groups excluding carboxylic acids is 1. The van der Waals surface area contributed by atoms with E-state index in [4.69, 9.17) is 0 Å². The number of aryl methyl sites for hydroxylation is 2. The monoisotopic (exact) mass is 394 g/mol. The average Bonchev–Trinajstić information content (AvgIpc) is 2.87. The van der Waals surface area contributed by atoms with Crippen molar-refractivity contribution in [3.8, 4) is 0 Å². The highest BCUT2D eigenvalue weighted by Gasteiger charge is 2.21. The van der Waals surface area contributed by atoms with Crippen molar-refractivity contribution in [2.24, 2.45) is 0 Å². The van der Waals surface area contributed by atoms with Crippen LogP contribution in [-0.4, -0.2) is 19.3 Å². The van der Waals surface area contributed by atoms with Crippen molar-refractivity contribution in [2.45, 2.75) is 58.5 Å². The Morgan fingerprint density at radius 2 is 1.73 bits per heavy atom. The molecule has 0 unspecified atom stereocenters. The zero-order valence-electron chi connectivity index (χ0n) is 16.1. The maximum Gasteiger partial charge on any atom is 0.223 e. The third kappa shape index (κ3) is 5.38. The molecule has 0 fully saturated rings. The number of hydrogen-bond acceptors (Lipinski definition) is 5. The van der Waals surface area contributed by atoms with Crippen molar-refractivity contribution in [1.29, 1.82) is 0 Å². The molecular weight excluding hydrogens is 368 g/mol. The number of carbonyl (C=O) groups is 1. The van der Waals surface area contributed by atoms with E-state index in [1.165, 1.54) is 23.8 Å². The van der Waals surface area contributed by atoms with Crippen LogP contribution in [0.25, 0.3) is 0 Å². The number of benzene rings is 1. The number of nitrogens with zero attached hydrogens (tertiary/aromatic N) is 1. The van der Waals surface area contributed by atoms with E-state index in [1.54, 1.807) is 5.38 Å². The summed E-state index contributed by atoms with van der Waals surface area (Å²) in [5.74, 6) is -0.371. The van der Waals surface area contributed by atoms with Crippen molar-refractivity contribution in [2.75, 3.05) is 5.32 Å². The van der Waals surface area contributed by atoms with Crippen LogP contribution in [-0.2, 0) is 31.6 Å². The van der Waals surface area contributed by atoms with E-state index in [2.05, 4.69) is 43.2 Å². The minimum atomic E-state index is -3.36. The number of aromatic nitrogens is 1. The SMILES string of the molecule is CC(=O)Nc1nc(CS(=O)(=O)Cc2c(C)cc(C(C)(C)C)cc2C)cs1. The van der Waals surface area contributed by atoms with Gasteiger partial charge in [0.05, 0.1) is 17.2 Å². The van der Waals surface area contributed by atoms with Crippen molar-refractivity contribution >= 4 is 32.2 Å². The first kappa shape index (κ1) is 20.6. The van der Waals surface area contributed by atoms with Gasteiger partial charge in [0.2, 0.25) is 5.91 Å². The van der Waals surface area contributed by atoms with Crippen molar-refractivity contribution in [3.05, 3.63) is 45.5 Å². The van der Waals surface area contributed by atoms with E-state index in [-0.39, 0.29) is 22.8 Å². The third-order valence-corrected chi connectivity index (χ3v) is 6.40. The van der Waals surface area contributed by atoms with Gasteiger partial charge in [0.15, 0.2) is 15.0 Å². The highest BCUT2D eigenvalue weighted by atomic mass is 32.2. The Labute approximate surface area is 159 Å². The minimum Gasteiger partial charge on any atom is -0.302 e. The molecule has 1 heterocycles. The molecule has 0 atom stereocenters. The summed E-state index contributed by atoms with van der Waals surface area (Å²) in [5, 5.41) is 4.67. The van der Waals surface area contributed by atoms with E-state index >= 15 is 0 Å². The van der Waals surface area contributed by atoms with E-state index in [0.29, 0.717) is 10.8 Å². The van der Waals surface area contributed by atoms with Gasteiger partial charge in [-0.2, -0.15) is 0 Å². The molecule has 2 rings (SSSR count). The van der Waals surface area contributed by atoms with Crippen LogP contribution in [0.5, 0.6) is 0 Å². The van der Waals surface area contributed by atoms with Gasteiger partial charge in [0.1, 0.15) is 0 Å². The number of sulfone groups is 1. The molecule has 0 bridgehead atoms. The smallest absolute Gasteiger partial charge is 0.223 e. The summed E-state index contributed by atoms with van der Waals surface area (Å²) in [4.78, 5) is 15.2. The Morgan fingerprint density at radius 3 is 2.23 bits per heavy atom. The van der Waals surface area contributed by atoms with E-state index in [9.17, 15) is 13.2 Å². The molecule has 5 nitrogen and oxygen atoms in total. The average molecular weight is 395 g/mol. The highest BCUT2D eigenvalue weighted by molar-refractivity contribution is 7.89. The fourth-order valence-electron chi connectivity index (χ4n) is 2.73. The third-order valence-electron chi connectivity index (χ3n) is 4.13. The second kappa shape index (κ2) is 7.48. The normalized spacial score (nSPS) is 12.2. The van der Waals surface area contributed by atoms with Crippen LogP contribution in [0, 0.1) is 13.8 Å². The minimum absolute atomic E-state index is 0.0118. The molecule has 0 aliphatic carbocycles. The van der Waals surface area contributed by atoms with Gasteiger partial charge in [-0.05, 0) is 41.5 Å². The Kier molecular flexibility index (Phi) is 5.92. The van der Waals surface area contributed by atoms with Crippen molar-refractivity contribution < 1.29 is 13.2 Å². The molecule has 0 saturated heterocycles. The van der Waals surface area contributed by atoms with Gasteiger partial charge >= 0.3 is 0 Å². The molecule has 1 aromatic carbocycles. The maximum absolute atomic E-state index is 12.7. The molecule has 26 heavy (non-hydrogen) atoms. The Morgan fingerprint density at radius 1 is 1.15 bits per heavy atom. The molecule has 0 aliphatic rings. The first-order valence-electron chi connectivity index (χ1n) is 8.40. The predicted molar refractivity (Wildman–Crippen MR) is 107 cm³/mol. The van der Waals surface area contributed by atoms with Crippen molar-refractivity contribution in [1.82, 2.24) is 4.98 Å².